The van der Waals surface area contributed by atoms with Crippen LogP contribution in [0.2, 0.25) is 0 Å². The molecule has 1 heterocycles. The molecule has 32 heavy (non-hydrogen) atoms. The summed E-state index contributed by atoms with van der Waals surface area (Å²) in [5.74, 6) is -0.295. The van der Waals surface area contributed by atoms with Gasteiger partial charge in [0.2, 0.25) is 5.91 Å². The van der Waals surface area contributed by atoms with Gasteiger partial charge in [0.05, 0.1) is 18.6 Å². The number of halogens is 1. The van der Waals surface area contributed by atoms with Gasteiger partial charge in [0.1, 0.15) is 0 Å². The minimum atomic E-state index is -0.830. The summed E-state index contributed by atoms with van der Waals surface area (Å²) < 4.78 is 12.6. The molecule has 1 aliphatic heterocycles. The number of hydrogen-bond acceptors (Lipinski definition) is 4. The van der Waals surface area contributed by atoms with Crippen LogP contribution in [-0.4, -0.2) is 29.0 Å². The van der Waals surface area contributed by atoms with Gasteiger partial charge in [-0.3, -0.25) is 4.79 Å². The highest BCUT2D eigenvalue weighted by atomic mass is 127. The molecule has 1 aliphatic rings. The lowest BCUT2D eigenvalue weighted by molar-refractivity contribution is -0.167. The van der Waals surface area contributed by atoms with Crippen molar-refractivity contribution in [2.45, 2.75) is 72.8 Å². The molecule has 0 bridgehead atoms. The molecule has 1 amide bonds. The molecule has 0 radical (unpaired) electrons. The maximum atomic E-state index is 13.1. The van der Waals surface area contributed by atoms with Crippen molar-refractivity contribution in [3.63, 3.8) is 0 Å². The number of esters is 1. The summed E-state index contributed by atoms with van der Waals surface area (Å²) in [6.07, 6.45) is -0.507. The van der Waals surface area contributed by atoms with Gasteiger partial charge in [0.25, 0.3) is 0 Å². The third kappa shape index (κ3) is 5.34. The normalized spacial score (nSPS) is 14.8. The van der Waals surface area contributed by atoms with Crippen molar-refractivity contribution in [3.05, 3.63) is 67.3 Å². The standard InChI is InChI=1S/C26H32INO4/c1-7-31-25(30)24(32-26(4,5)6)22-16(2)19-13-21(29)28(14-18-11-9-8-10-12-18)15-20(19)17(3)23(22)27/h8-12,24H,7,13-15H2,1-6H3/t24-/m0/s1. The fourth-order valence-corrected chi connectivity index (χ4v) is 5.18. The van der Waals surface area contributed by atoms with Gasteiger partial charge in [-0.25, -0.2) is 4.79 Å². The van der Waals surface area contributed by atoms with Crippen LogP contribution in [0.25, 0.3) is 0 Å². The van der Waals surface area contributed by atoms with E-state index in [2.05, 4.69) is 29.5 Å². The number of amides is 1. The highest BCUT2D eigenvalue weighted by Crippen LogP contribution is 2.39. The average molecular weight is 549 g/mol. The second-order valence-corrected chi connectivity index (χ2v) is 10.3. The van der Waals surface area contributed by atoms with Crippen LogP contribution in [0, 0.1) is 17.4 Å². The molecular weight excluding hydrogens is 517 g/mol. The Morgan fingerprint density at radius 2 is 1.78 bits per heavy atom. The van der Waals surface area contributed by atoms with Gasteiger partial charge < -0.3 is 14.4 Å². The Bertz CT molecular complexity index is 1010. The molecule has 0 unspecified atom stereocenters. The molecule has 0 saturated heterocycles. The van der Waals surface area contributed by atoms with Crippen LogP contribution in [0.1, 0.15) is 67.2 Å². The van der Waals surface area contributed by atoms with Gasteiger partial charge in [-0.1, -0.05) is 30.3 Å². The summed E-state index contributed by atoms with van der Waals surface area (Å²) in [6.45, 7) is 13.1. The Hall–Kier alpha value is -1.93. The van der Waals surface area contributed by atoms with Crippen LogP contribution < -0.4 is 0 Å². The largest absolute Gasteiger partial charge is 0.464 e. The molecule has 0 spiro atoms. The SMILES string of the molecule is CCOC(=O)[C@@H](OC(C)(C)C)c1c(C)c2c(c(C)c1I)CN(Cc1ccccc1)C(=O)C2. The lowest BCUT2D eigenvalue weighted by Gasteiger charge is -2.34. The summed E-state index contributed by atoms with van der Waals surface area (Å²) >= 11 is 2.31. The summed E-state index contributed by atoms with van der Waals surface area (Å²) in [5.41, 5.74) is 5.64. The maximum Gasteiger partial charge on any atom is 0.340 e. The van der Waals surface area contributed by atoms with E-state index in [1.165, 1.54) is 5.56 Å². The van der Waals surface area contributed by atoms with Crippen molar-refractivity contribution in [2.75, 3.05) is 6.61 Å². The Labute approximate surface area is 204 Å². The van der Waals surface area contributed by atoms with Crippen molar-refractivity contribution >= 4 is 34.5 Å². The van der Waals surface area contributed by atoms with Gasteiger partial charge in [-0.05, 0) is 92.0 Å². The van der Waals surface area contributed by atoms with Crippen molar-refractivity contribution in [2.24, 2.45) is 0 Å². The second kappa shape index (κ2) is 9.91. The van der Waals surface area contributed by atoms with Gasteiger partial charge in [0, 0.05) is 22.2 Å². The van der Waals surface area contributed by atoms with Crippen molar-refractivity contribution < 1.29 is 19.1 Å². The molecule has 0 saturated carbocycles. The van der Waals surface area contributed by atoms with Gasteiger partial charge in [-0.2, -0.15) is 0 Å². The van der Waals surface area contributed by atoms with Crippen LogP contribution in [0.4, 0.5) is 0 Å². The predicted octanol–water partition coefficient (Wildman–Crippen LogP) is 5.41. The van der Waals surface area contributed by atoms with E-state index in [0.29, 0.717) is 19.5 Å². The molecule has 0 aliphatic carbocycles. The van der Waals surface area contributed by atoms with Crippen LogP contribution >= 0.6 is 22.6 Å². The van der Waals surface area contributed by atoms with Crippen LogP contribution in [0.15, 0.2) is 30.3 Å². The molecular formula is C26H32INO4. The minimum absolute atomic E-state index is 0.0976. The molecule has 2 aromatic carbocycles. The maximum absolute atomic E-state index is 13.1. The molecule has 5 nitrogen and oxygen atoms in total. The zero-order valence-electron chi connectivity index (χ0n) is 19.8. The van der Waals surface area contributed by atoms with Crippen LogP contribution in [0.5, 0.6) is 0 Å². The average Bonchev–Trinajstić information content (AvgIpc) is 2.72. The number of ether oxygens (including phenoxy) is 2. The van der Waals surface area contributed by atoms with E-state index in [0.717, 1.165) is 31.4 Å². The molecule has 2 aromatic rings. The van der Waals surface area contributed by atoms with E-state index in [9.17, 15) is 9.59 Å². The lowest BCUT2D eigenvalue weighted by Crippen LogP contribution is -2.37. The van der Waals surface area contributed by atoms with Crippen molar-refractivity contribution in [3.8, 4) is 0 Å². The minimum Gasteiger partial charge on any atom is -0.464 e. The molecule has 1 atom stereocenters. The van der Waals surface area contributed by atoms with Crippen molar-refractivity contribution in [1.82, 2.24) is 4.90 Å². The number of carbonyl (C=O) groups excluding carboxylic acids is 2. The first-order valence-electron chi connectivity index (χ1n) is 11.0. The summed E-state index contributed by atoms with van der Waals surface area (Å²) in [7, 11) is 0. The topological polar surface area (TPSA) is 55.8 Å². The summed E-state index contributed by atoms with van der Waals surface area (Å²) in [4.78, 5) is 27.9. The number of nitrogens with zero attached hydrogens (tertiary/aromatic N) is 1. The second-order valence-electron chi connectivity index (χ2n) is 9.21. The molecule has 0 aromatic heterocycles. The Morgan fingerprint density at radius 3 is 2.38 bits per heavy atom. The number of rotatable bonds is 6. The van der Waals surface area contributed by atoms with Crippen LogP contribution in [-0.2, 0) is 38.6 Å². The number of hydrogen-bond donors (Lipinski definition) is 0. The predicted molar refractivity (Wildman–Crippen MR) is 133 cm³/mol. The Balaban J connectivity index is 2.04. The molecule has 0 N–H and O–H groups in total. The first-order chi connectivity index (χ1) is 15.0. The zero-order valence-corrected chi connectivity index (χ0v) is 21.9. The third-order valence-electron chi connectivity index (χ3n) is 5.72. The summed E-state index contributed by atoms with van der Waals surface area (Å²) in [5, 5.41) is 0. The van der Waals surface area contributed by atoms with E-state index < -0.39 is 17.7 Å². The number of fused-ring (bicyclic) bond motifs is 1. The monoisotopic (exact) mass is 549 g/mol. The van der Waals surface area contributed by atoms with E-state index in [-0.39, 0.29) is 12.5 Å². The number of benzene rings is 2. The molecule has 3 rings (SSSR count). The van der Waals surface area contributed by atoms with Gasteiger partial charge >= 0.3 is 5.97 Å². The fraction of sp³-hybridized carbons (Fsp3) is 0.462. The zero-order chi connectivity index (χ0) is 23.6. The first kappa shape index (κ1) is 24.7. The fourth-order valence-electron chi connectivity index (χ4n) is 4.17. The van der Waals surface area contributed by atoms with E-state index in [1.54, 1.807) is 6.92 Å². The Morgan fingerprint density at radius 1 is 1.12 bits per heavy atom. The highest BCUT2D eigenvalue weighted by Gasteiger charge is 2.35. The van der Waals surface area contributed by atoms with E-state index in [4.69, 9.17) is 9.47 Å². The van der Waals surface area contributed by atoms with E-state index in [1.807, 2.05) is 62.9 Å². The first-order valence-corrected chi connectivity index (χ1v) is 12.1. The summed E-state index contributed by atoms with van der Waals surface area (Å²) in [6, 6.07) is 10.1. The smallest absolute Gasteiger partial charge is 0.340 e. The Kier molecular flexibility index (Phi) is 7.65. The molecule has 172 valence electrons. The lowest BCUT2D eigenvalue weighted by atomic mass is 9.86. The van der Waals surface area contributed by atoms with Gasteiger partial charge in [0.15, 0.2) is 6.10 Å². The van der Waals surface area contributed by atoms with Crippen LogP contribution in [0.3, 0.4) is 0 Å². The van der Waals surface area contributed by atoms with Gasteiger partial charge in [-0.15, -0.1) is 0 Å². The molecule has 6 heteroatoms. The highest BCUT2D eigenvalue weighted by molar-refractivity contribution is 14.1. The molecule has 0 fully saturated rings. The quantitative estimate of drug-likeness (QED) is 0.357. The van der Waals surface area contributed by atoms with E-state index >= 15 is 0 Å². The van der Waals surface area contributed by atoms with Crippen molar-refractivity contribution in [1.29, 1.82) is 0 Å². The third-order valence-corrected chi connectivity index (χ3v) is 7.11. The number of carbonyl (C=O) groups is 2.